The Kier molecular flexibility index (Phi) is 7.02. The average molecular weight is 467 g/mol. The van der Waals surface area contributed by atoms with E-state index in [1.165, 1.54) is 0 Å². The number of rotatable bonds is 10. The van der Waals surface area contributed by atoms with Gasteiger partial charge >= 0.3 is 0 Å². The fourth-order valence-electron chi connectivity index (χ4n) is 3.90. The van der Waals surface area contributed by atoms with Gasteiger partial charge in [0.05, 0.1) is 22.0 Å². The van der Waals surface area contributed by atoms with Crippen LogP contribution in [0.3, 0.4) is 0 Å². The van der Waals surface area contributed by atoms with Gasteiger partial charge in [0.1, 0.15) is 5.82 Å². The molecule has 0 spiro atoms. The van der Waals surface area contributed by atoms with E-state index in [2.05, 4.69) is 9.71 Å². The van der Waals surface area contributed by atoms with E-state index in [1.807, 2.05) is 36.4 Å². The third kappa shape index (κ3) is 5.39. The van der Waals surface area contributed by atoms with E-state index in [9.17, 15) is 13.2 Å². The first-order chi connectivity index (χ1) is 16.0. The zero-order chi connectivity index (χ0) is 23.3. The van der Waals surface area contributed by atoms with Crippen LogP contribution >= 0.6 is 0 Å². The highest BCUT2D eigenvalue weighted by atomic mass is 32.2. The van der Waals surface area contributed by atoms with Gasteiger partial charge in [0, 0.05) is 11.8 Å². The molecule has 33 heavy (non-hydrogen) atoms. The molecule has 172 valence electrons. The number of hydrogen-bond acceptors (Lipinski definition) is 5. The predicted octanol–water partition coefficient (Wildman–Crippen LogP) is 4.19. The fraction of sp³-hybridized carbons (Fsp3) is 0.250. The molecular weight excluding hydrogens is 440 g/mol. The molecule has 0 fully saturated rings. The standard InChI is InChI=1S/C24H26N4O4S/c29-22(27-30)14-6-2-5-13-21(28-33(31,32)18-10-3-1-4-11-18)24-25-20-16-15-17-9-7-8-12-19(17)23(20)26-24/h1,3-4,7-12,15-16,21,28,30H,2,5-6,13-14H2,(H,25,26)(H,27,29)/t21-/m0/s1. The van der Waals surface area contributed by atoms with Crippen molar-refractivity contribution in [3.8, 4) is 0 Å². The summed E-state index contributed by atoms with van der Waals surface area (Å²) >= 11 is 0. The SMILES string of the molecule is O=C(CCCCC[C@H](NS(=O)(=O)c1ccccc1)c1nc2c(ccc3ccccc32)[nH]1)NO. The summed E-state index contributed by atoms with van der Waals surface area (Å²) in [7, 11) is -3.75. The zero-order valence-corrected chi connectivity index (χ0v) is 18.8. The smallest absolute Gasteiger partial charge is 0.243 e. The van der Waals surface area contributed by atoms with Crippen molar-refractivity contribution in [3.63, 3.8) is 0 Å². The topological polar surface area (TPSA) is 124 Å². The second-order valence-corrected chi connectivity index (χ2v) is 9.64. The van der Waals surface area contributed by atoms with E-state index in [0.717, 1.165) is 21.8 Å². The minimum atomic E-state index is -3.75. The molecule has 0 aliphatic heterocycles. The summed E-state index contributed by atoms with van der Waals surface area (Å²) in [6.07, 6.45) is 2.70. The summed E-state index contributed by atoms with van der Waals surface area (Å²) in [5.74, 6) is 0.120. The molecule has 0 aliphatic carbocycles. The van der Waals surface area contributed by atoms with Gasteiger partial charge in [0.2, 0.25) is 15.9 Å². The Balaban J connectivity index is 1.60. The normalized spacial score (nSPS) is 12.8. The predicted molar refractivity (Wildman–Crippen MR) is 126 cm³/mol. The summed E-state index contributed by atoms with van der Waals surface area (Å²) in [6.45, 7) is 0. The lowest BCUT2D eigenvalue weighted by atomic mass is 10.1. The van der Waals surface area contributed by atoms with E-state index in [0.29, 0.717) is 31.5 Å². The number of amides is 1. The number of aromatic amines is 1. The average Bonchev–Trinajstić information content (AvgIpc) is 3.28. The molecule has 4 aromatic rings. The Bertz CT molecular complexity index is 1350. The number of hydroxylamine groups is 1. The third-order valence-corrected chi connectivity index (χ3v) is 7.09. The maximum Gasteiger partial charge on any atom is 0.243 e. The highest BCUT2D eigenvalue weighted by Gasteiger charge is 2.24. The van der Waals surface area contributed by atoms with E-state index >= 15 is 0 Å². The van der Waals surface area contributed by atoms with Gasteiger partial charge in [-0.05, 0) is 36.4 Å². The lowest BCUT2D eigenvalue weighted by Crippen LogP contribution is -2.29. The van der Waals surface area contributed by atoms with Crippen LogP contribution in [0.1, 0.15) is 44.0 Å². The van der Waals surface area contributed by atoms with Crippen molar-refractivity contribution in [1.82, 2.24) is 20.2 Å². The lowest BCUT2D eigenvalue weighted by molar-refractivity contribution is -0.129. The molecule has 4 N–H and O–H groups in total. The quantitative estimate of drug-likeness (QED) is 0.158. The number of H-pyrrole nitrogens is 1. The fourth-order valence-corrected chi connectivity index (χ4v) is 5.16. The molecule has 3 aromatic carbocycles. The number of sulfonamides is 1. The Morgan fingerprint density at radius 3 is 2.52 bits per heavy atom. The number of carbonyl (C=O) groups excluding carboxylic acids is 1. The molecule has 1 aromatic heterocycles. The van der Waals surface area contributed by atoms with Gasteiger partial charge < -0.3 is 4.98 Å². The molecule has 0 bridgehead atoms. The van der Waals surface area contributed by atoms with Crippen LogP contribution in [0.5, 0.6) is 0 Å². The summed E-state index contributed by atoms with van der Waals surface area (Å²) in [5, 5.41) is 10.7. The van der Waals surface area contributed by atoms with Crippen molar-refractivity contribution < 1.29 is 18.4 Å². The Labute approximate surface area is 192 Å². The molecule has 0 aliphatic rings. The second kappa shape index (κ2) is 10.1. The molecule has 9 heteroatoms. The maximum absolute atomic E-state index is 13.0. The largest absolute Gasteiger partial charge is 0.341 e. The number of fused-ring (bicyclic) bond motifs is 3. The monoisotopic (exact) mass is 466 g/mol. The number of unbranched alkanes of at least 4 members (excludes halogenated alkanes) is 2. The number of aromatic nitrogens is 2. The molecule has 0 saturated carbocycles. The number of benzene rings is 3. The molecule has 4 rings (SSSR count). The molecular formula is C24H26N4O4S. The van der Waals surface area contributed by atoms with Crippen LogP contribution in [0.15, 0.2) is 71.6 Å². The minimum Gasteiger partial charge on any atom is -0.341 e. The van der Waals surface area contributed by atoms with E-state index in [-0.39, 0.29) is 11.3 Å². The van der Waals surface area contributed by atoms with Crippen LogP contribution in [0.25, 0.3) is 21.8 Å². The molecule has 8 nitrogen and oxygen atoms in total. The summed E-state index contributed by atoms with van der Waals surface area (Å²) < 4.78 is 28.9. The number of nitrogens with one attached hydrogen (secondary N) is 3. The van der Waals surface area contributed by atoms with Gasteiger partial charge in [-0.1, -0.05) is 61.4 Å². The number of nitrogens with zero attached hydrogens (tertiary/aromatic N) is 1. The van der Waals surface area contributed by atoms with Crippen molar-refractivity contribution in [1.29, 1.82) is 0 Å². The summed E-state index contributed by atoms with van der Waals surface area (Å²) in [5.41, 5.74) is 3.26. The van der Waals surface area contributed by atoms with Crippen LogP contribution < -0.4 is 10.2 Å². The Morgan fingerprint density at radius 1 is 0.970 bits per heavy atom. The number of carbonyl (C=O) groups is 1. The van der Waals surface area contributed by atoms with Gasteiger partial charge in [-0.3, -0.25) is 10.0 Å². The van der Waals surface area contributed by atoms with Gasteiger partial charge in [0.25, 0.3) is 0 Å². The van der Waals surface area contributed by atoms with Gasteiger partial charge in [-0.2, -0.15) is 0 Å². The Hall–Kier alpha value is -3.27. The minimum absolute atomic E-state index is 0.191. The second-order valence-electron chi connectivity index (χ2n) is 7.93. The zero-order valence-electron chi connectivity index (χ0n) is 18.0. The van der Waals surface area contributed by atoms with Crippen molar-refractivity contribution in [3.05, 3.63) is 72.6 Å². The van der Waals surface area contributed by atoms with Crippen LogP contribution in [0.2, 0.25) is 0 Å². The van der Waals surface area contributed by atoms with Crippen molar-refractivity contribution in [2.75, 3.05) is 0 Å². The molecule has 0 radical (unpaired) electrons. The van der Waals surface area contributed by atoms with Gasteiger partial charge in [-0.25, -0.2) is 23.6 Å². The number of imidazole rings is 1. The maximum atomic E-state index is 13.0. The van der Waals surface area contributed by atoms with E-state index < -0.39 is 22.0 Å². The molecule has 1 heterocycles. The lowest BCUT2D eigenvalue weighted by Gasteiger charge is -2.17. The molecule has 0 unspecified atom stereocenters. The van der Waals surface area contributed by atoms with Crippen molar-refractivity contribution in [2.24, 2.45) is 0 Å². The van der Waals surface area contributed by atoms with Crippen molar-refractivity contribution >= 4 is 37.7 Å². The van der Waals surface area contributed by atoms with Crippen LogP contribution in [0.4, 0.5) is 0 Å². The number of hydrogen-bond donors (Lipinski definition) is 4. The highest BCUT2D eigenvalue weighted by molar-refractivity contribution is 7.89. The van der Waals surface area contributed by atoms with Gasteiger partial charge in [-0.15, -0.1) is 0 Å². The van der Waals surface area contributed by atoms with Crippen molar-refractivity contribution in [2.45, 2.75) is 43.0 Å². The van der Waals surface area contributed by atoms with Crippen LogP contribution in [-0.2, 0) is 14.8 Å². The first-order valence-corrected chi connectivity index (χ1v) is 12.3. The first kappa shape index (κ1) is 22.9. The highest BCUT2D eigenvalue weighted by Crippen LogP contribution is 2.28. The molecule has 0 saturated heterocycles. The first-order valence-electron chi connectivity index (χ1n) is 10.9. The van der Waals surface area contributed by atoms with E-state index in [4.69, 9.17) is 10.2 Å². The Morgan fingerprint density at radius 2 is 1.73 bits per heavy atom. The van der Waals surface area contributed by atoms with Crippen LogP contribution in [0, 0.1) is 0 Å². The molecule has 1 atom stereocenters. The van der Waals surface area contributed by atoms with Gasteiger partial charge in [0.15, 0.2) is 0 Å². The summed E-state index contributed by atoms with van der Waals surface area (Å²) in [4.78, 5) is 19.5. The molecule has 1 amide bonds. The summed E-state index contributed by atoms with van der Waals surface area (Å²) in [6, 6.07) is 19.6. The van der Waals surface area contributed by atoms with Crippen LogP contribution in [-0.4, -0.2) is 29.5 Å². The third-order valence-electron chi connectivity index (χ3n) is 5.60. The van der Waals surface area contributed by atoms with E-state index in [1.54, 1.807) is 35.8 Å².